The van der Waals surface area contributed by atoms with Crippen molar-refractivity contribution in [1.29, 1.82) is 0 Å². The molecule has 292 valence electrons. The maximum absolute atomic E-state index is 5.65. The second-order valence-corrected chi connectivity index (χ2v) is 16.7. The molecule has 13 rings (SSSR count). The van der Waals surface area contributed by atoms with E-state index in [9.17, 15) is 0 Å². The van der Waals surface area contributed by atoms with E-state index in [4.69, 9.17) is 9.97 Å². The van der Waals surface area contributed by atoms with Crippen molar-refractivity contribution in [3.63, 3.8) is 0 Å². The SMILES string of the molecule is C1=CC(c2ccc(-c3nc(-n4c5ccccc5c5c6ccccc6c(-c6ccc7c8ccccc8n(-c8ccccc8)c7c6)cc54)nc4ccccc34)c3c2C=CCC3)=CCC1. The van der Waals surface area contributed by atoms with Crippen LogP contribution in [-0.2, 0) is 6.42 Å². The molecular formula is C58H40N4. The first-order chi connectivity index (χ1) is 30.8. The van der Waals surface area contributed by atoms with Gasteiger partial charge < -0.3 is 4.57 Å². The highest BCUT2D eigenvalue weighted by atomic mass is 15.2. The average Bonchev–Trinajstić information content (AvgIpc) is 3.86. The highest BCUT2D eigenvalue weighted by molar-refractivity contribution is 6.24. The molecule has 3 heterocycles. The second kappa shape index (κ2) is 13.9. The lowest BCUT2D eigenvalue weighted by Gasteiger charge is -2.21. The van der Waals surface area contributed by atoms with Crippen molar-refractivity contribution in [2.45, 2.75) is 25.7 Å². The summed E-state index contributed by atoms with van der Waals surface area (Å²) in [6, 6.07) is 59.6. The normalized spacial score (nSPS) is 13.8. The molecule has 11 aromatic rings. The summed E-state index contributed by atoms with van der Waals surface area (Å²) in [5.41, 5.74) is 16.4. The lowest BCUT2D eigenvalue weighted by Crippen LogP contribution is -2.07. The van der Waals surface area contributed by atoms with Crippen LogP contribution in [0.1, 0.15) is 36.0 Å². The molecule has 62 heavy (non-hydrogen) atoms. The predicted octanol–water partition coefficient (Wildman–Crippen LogP) is 15.0. The van der Waals surface area contributed by atoms with Gasteiger partial charge in [0.25, 0.3) is 0 Å². The lowest BCUT2D eigenvalue weighted by atomic mass is 9.84. The molecule has 0 unspecified atom stereocenters. The number of allylic oxidation sites excluding steroid dienone is 5. The zero-order chi connectivity index (χ0) is 40.7. The Morgan fingerprint density at radius 1 is 0.435 bits per heavy atom. The van der Waals surface area contributed by atoms with Crippen LogP contribution in [0.5, 0.6) is 0 Å². The molecule has 8 aromatic carbocycles. The van der Waals surface area contributed by atoms with Crippen molar-refractivity contribution in [2.75, 3.05) is 0 Å². The van der Waals surface area contributed by atoms with Gasteiger partial charge in [0.15, 0.2) is 0 Å². The maximum Gasteiger partial charge on any atom is 0.235 e. The van der Waals surface area contributed by atoms with Gasteiger partial charge in [-0.25, -0.2) is 9.97 Å². The van der Waals surface area contributed by atoms with E-state index in [1.807, 2.05) is 0 Å². The number of hydrogen-bond donors (Lipinski definition) is 0. The molecule has 0 amide bonds. The summed E-state index contributed by atoms with van der Waals surface area (Å²) in [4.78, 5) is 11.1. The number of aromatic nitrogens is 4. The lowest BCUT2D eigenvalue weighted by molar-refractivity contribution is 0.977. The Kier molecular flexibility index (Phi) is 7.83. The summed E-state index contributed by atoms with van der Waals surface area (Å²) >= 11 is 0. The van der Waals surface area contributed by atoms with Gasteiger partial charge in [0.05, 0.1) is 33.3 Å². The fourth-order valence-corrected chi connectivity index (χ4v) is 10.5. The van der Waals surface area contributed by atoms with Gasteiger partial charge in [-0.1, -0.05) is 152 Å². The maximum atomic E-state index is 5.65. The molecule has 0 atom stereocenters. The van der Waals surface area contributed by atoms with Crippen LogP contribution in [0.2, 0.25) is 0 Å². The number of rotatable bonds is 5. The summed E-state index contributed by atoms with van der Waals surface area (Å²) < 4.78 is 4.72. The van der Waals surface area contributed by atoms with Crippen LogP contribution in [0, 0.1) is 0 Å². The number of hydrogen-bond acceptors (Lipinski definition) is 2. The second-order valence-electron chi connectivity index (χ2n) is 16.7. The number of nitrogens with zero attached hydrogens (tertiary/aromatic N) is 4. The highest BCUT2D eigenvalue weighted by Crippen LogP contribution is 2.44. The standard InChI is InChI=1S/C58H40N4/c1-3-17-37(18-4-1)40-33-34-47(42-22-8-7-21-41(40)42)57-48-26-11-14-28-51(48)59-58(60-57)62-53-30-16-13-27-49(53)56-46-25-10-9-23-43(46)50(36-55(56)62)38-31-32-45-44-24-12-15-29-52(44)61(54(45)35-38)39-19-5-2-6-20-39/h2-3,5-7,9-21,23-36H,1,4,8,22H2. The molecule has 0 radical (unpaired) electrons. The third-order valence-electron chi connectivity index (χ3n) is 13.2. The molecule has 0 aliphatic heterocycles. The fraction of sp³-hybridized carbons (Fsp3) is 0.0690. The molecule has 0 fully saturated rings. The zero-order valence-corrected chi connectivity index (χ0v) is 34.1. The average molecular weight is 793 g/mol. The number of para-hydroxylation sites is 4. The minimum absolute atomic E-state index is 0.674. The Labute approximate surface area is 359 Å². The van der Waals surface area contributed by atoms with Crippen molar-refractivity contribution in [3.8, 4) is 34.0 Å². The van der Waals surface area contributed by atoms with E-state index >= 15 is 0 Å². The Hall–Kier alpha value is -7.82. The monoisotopic (exact) mass is 792 g/mol. The molecule has 4 nitrogen and oxygen atoms in total. The molecule has 0 saturated carbocycles. The molecule has 2 aliphatic rings. The van der Waals surface area contributed by atoms with E-state index in [2.05, 4.69) is 203 Å². The van der Waals surface area contributed by atoms with Gasteiger partial charge in [0.1, 0.15) is 0 Å². The molecule has 0 N–H and O–H groups in total. The number of benzene rings is 8. The Morgan fingerprint density at radius 3 is 1.97 bits per heavy atom. The summed E-state index contributed by atoms with van der Waals surface area (Å²) in [6.07, 6.45) is 15.8. The molecular weight excluding hydrogens is 753 g/mol. The Morgan fingerprint density at radius 2 is 1.13 bits per heavy atom. The Balaban J connectivity index is 1.09. The van der Waals surface area contributed by atoms with E-state index < -0.39 is 0 Å². The van der Waals surface area contributed by atoms with Crippen molar-refractivity contribution >= 4 is 76.9 Å². The van der Waals surface area contributed by atoms with Gasteiger partial charge in [-0.05, 0) is 112 Å². The topological polar surface area (TPSA) is 35.6 Å². The molecule has 0 saturated heterocycles. The van der Waals surface area contributed by atoms with Crippen molar-refractivity contribution in [2.24, 2.45) is 0 Å². The third-order valence-corrected chi connectivity index (χ3v) is 13.2. The van der Waals surface area contributed by atoms with E-state index in [-0.39, 0.29) is 0 Å². The van der Waals surface area contributed by atoms with E-state index in [1.165, 1.54) is 76.7 Å². The molecule has 2 aliphatic carbocycles. The van der Waals surface area contributed by atoms with Crippen LogP contribution in [0.25, 0.3) is 111 Å². The first-order valence-corrected chi connectivity index (χ1v) is 21.8. The van der Waals surface area contributed by atoms with Gasteiger partial charge in [-0.15, -0.1) is 0 Å². The third kappa shape index (κ3) is 5.26. The van der Waals surface area contributed by atoms with Crippen LogP contribution >= 0.6 is 0 Å². The van der Waals surface area contributed by atoms with Crippen LogP contribution in [-0.4, -0.2) is 19.1 Å². The zero-order valence-electron chi connectivity index (χ0n) is 34.1. The molecule has 0 bridgehead atoms. The summed E-state index contributed by atoms with van der Waals surface area (Å²) in [5.74, 6) is 0.674. The van der Waals surface area contributed by atoms with Gasteiger partial charge in [0, 0.05) is 38.2 Å². The van der Waals surface area contributed by atoms with Gasteiger partial charge >= 0.3 is 0 Å². The van der Waals surface area contributed by atoms with Crippen molar-refractivity contribution < 1.29 is 0 Å². The van der Waals surface area contributed by atoms with E-state index in [0.717, 1.165) is 64.6 Å². The minimum Gasteiger partial charge on any atom is -0.309 e. The summed E-state index contributed by atoms with van der Waals surface area (Å²) in [7, 11) is 0. The van der Waals surface area contributed by atoms with Gasteiger partial charge in [-0.3, -0.25) is 4.57 Å². The first-order valence-electron chi connectivity index (χ1n) is 21.8. The molecule has 3 aromatic heterocycles. The minimum atomic E-state index is 0.674. The van der Waals surface area contributed by atoms with Crippen LogP contribution in [0.3, 0.4) is 0 Å². The molecule has 0 spiro atoms. The van der Waals surface area contributed by atoms with Gasteiger partial charge in [0.2, 0.25) is 5.95 Å². The smallest absolute Gasteiger partial charge is 0.235 e. The molecule has 4 heteroatoms. The fourth-order valence-electron chi connectivity index (χ4n) is 10.5. The van der Waals surface area contributed by atoms with E-state index in [0.29, 0.717) is 5.95 Å². The van der Waals surface area contributed by atoms with Crippen LogP contribution in [0.15, 0.2) is 188 Å². The highest BCUT2D eigenvalue weighted by Gasteiger charge is 2.24. The van der Waals surface area contributed by atoms with Crippen molar-refractivity contribution in [1.82, 2.24) is 19.1 Å². The Bertz CT molecular complexity index is 3750. The van der Waals surface area contributed by atoms with Crippen LogP contribution in [0.4, 0.5) is 0 Å². The number of fused-ring (bicyclic) bond motifs is 10. The summed E-state index contributed by atoms with van der Waals surface area (Å²) in [6.45, 7) is 0. The van der Waals surface area contributed by atoms with Crippen molar-refractivity contribution in [3.05, 3.63) is 205 Å². The first kappa shape index (κ1) is 35.0. The van der Waals surface area contributed by atoms with Crippen LogP contribution < -0.4 is 0 Å². The summed E-state index contributed by atoms with van der Waals surface area (Å²) in [5, 5.41) is 8.36. The van der Waals surface area contributed by atoms with E-state index in [1.54, 1.807) is 0 Å². The van der Waals surface area contributed by atoms with Gasteiger partial charge in [-0.2, -0.15) is 0 Å². The quantitative estimate of drug-likeness (QED) is 0.174. The largest absolute Gasteiger partial charge is 0.309 e. The predicted molar refractivity (Wildman–Crippen MR) is 260 cm³/mol.